The van der Waals surface area contributed by atoms with Crippen LogP contribution in [0.2, 0.25) is 0 Å². The van der Waals surface area contributed by atoms with Crippen LogP contribution in [0, 0.1) is 0 Å². The van der Waals surface area contributed by atoms with E-state index in [1.54, 1.807) is 6.07 Å². The van der Waals surface area contributed by atoms with E-state index in [9.17, 15) is 13.9 Å². The molecular formula is C12H16F2N2O3. The molecule has 1 aromatic carbocycles. The summed E-state index contributed by atoms with van der Waals surface area (Å²) in [5.74, 6) is -0.0125. The number of aliphatic hydroxyl groups is 1. The molecule has 1 aliphatic heterocycles. The van der Waals surface area contributed by atoms with Gasteiger partial charge in [0.05, 0.1) is 6.10 Å². The van der Waals surface area contributed by atoms with Crippen molar-refractivity contribution >= 4 is 5.69 Å². The Morgan fingerprint density at radius 2 is 2.00 bits per heavy atom. The lowest BCUT2D eigenvalue weighted by molar-refractivity contribution is -0.286. The van der Waals surface area contributed by atoms with Crippen LogP contribution in [0.5, 0.6) is 11.5 Å². The number of hydrogen-bond acceptors (Lipinski definition) is 5. The molecule has 0 bridgehead atoms. The average Bonchev–Trinajstić information content (AvgIpc) is 2.58. The largest absolute Gasteiger partial charge is 0.586 e. The van der Waals surface area contributed by atoms with Crippen molar-refractivity contribution in [3.8, 4) is 11.5 Å². The van der Waals surface area contributed by atoms with Gasteiger partial charge in [0.1, 0.15) is 0 Å². The minimum atomic E-state index is -3.61. The Kier molecular flexibility index (Phi) is 3.77. The maximum atomic E-state index is 12.8. The lowest BCUT2D eigenvalue weighted by Gasteiger charge is -2.17. The van der Waals surface area contributed by atoms with Gasteiger partial charge in [-0.3, -0.25) is 0 Å². The summed E-state index contributed by atoms with van der Waals surface area (Å²) in [6.07, 6.45) is -4.16. The van der Waals surface area contributed by atoms with E-state index in [1.165, 1.54) is 12.1 Å². The normalized spacial score (nSPS) is 17.6. The molecule has 1 aromatic rings. The van der Waals surface area contributed by atoms with Gasteiger partial charge in [0.15, 0.2) is 11.5 Å². The maximum Gasteiger partial charge on any atom is 0.586 e. The molecule has 106 valence electrons. The number of halogens is 2. The number of nitrogens with one attached hydrogen (secondary N) is 1. The number of nitrogens with zero attached hydrogens (tertiary/aromatic N) is 1. The zero-order chi connectivity index (χ0) is 14.0. The van der Waals surface area contributed by atoms with E-state index in [2.05, 4.69) is 14.8 Å². The Morgan fingerprint density at radius 3 is 2.68 bits per heavy atom. The van der Waals surface area contributed by atoms with Crippen molar-refractivity contribution in [2.24, 2.45) is 0 Å². The molecular weight excluding hydrogens is 258 g/mol. The summed E-state index contributed by atoms with van der Waals surface area (Å²) in [7, 11) is 3.71. The maximum absolute atomic E-state index is 12.8. The predicted octanol–water partition coefficient (Wildman–Crippen LogP) is 1.34. The van der Waals surface area contributed by atoms with Crippen LogP contribution in [0.3, 0.4) is 0 Å². The van der Waals surface area contributed by atoms with Crippen molar-refractivity contribution < 1.29 is 23.4 Å². The molecule has 0 aliphatic carbocycles. The van der Waals surface area contributed by atoms with Crippen molar-refractivity contribution in [1.29, 1.82) is 0 Å². The van der Waals surface area contributed by atoms with Crippen molar-refractivity contribution in [1.82, 2.24) is 4.90 Å². The first kappa shape index (κ1) is 13.8. The van der Waals surface area contributed by atoms with Crippen LogP contribution in [0.4, 0.5) is 14.5 Å². The number of anilines is 1. The van der Waals surface area contributed by atoms with E-state index in [4.69, 9.17) is 0 Å². The van der Waals surface area contributed by atoms with Crippen molar-refractivity contribution in [2.45, 2.75) is 12.4 Å². The molecule has 5 nitrogen and oxygen atoms in total. The number of alkyl halides is 2. The van der Waals surface area contributed by atoms with Crippen LogP contribution in [0.15, 0.2) is 18.2 Å². The van der Waals surface area contributed by atoms with Crippen LogP contribution >= 0.6 is 0 Å². The van der Waals surface area contributed by atoms with Gasteiger partial charge in [-0.15, -0.1) is 8.78 Å². The van der Waals surface area contributed by atoms with Gasteiger partial charge in [0, 0.05) is 24.8 Å². The Morgan fingerprint density at radius 1 is 1.32 bits per heavy atom. The number of hydrogen-bond donors (Lipinski definition) is 2. The van der Waals surface area contributed by atoms with Gasteiger partial charge in [0.2, 0.25) is 0 Å². The molecule has 1 atom stereocenters. The molecule has 1 aliphatic rings. The van der Waals surface area contributed by atoms with Gasteiger partial charge in [-0.2, -0.15) is 0 Å². The topological polar surface area (TPSA) is 54.0 Å². The summed E-state index contributed by atoms with van der Waals surface area (Å²) in [6.45, 7) is 0.823. The van der Waals surface area contributed by atoms with Gasteiger partial charge in [0.25, 0.3) is 0 Å². The molecule has 2 N–H and O–H groups in total. The number of likely N-dealkylation sites (N-methyl/N-ethyl adjacent to an activating group) is 1. The molecule has 2 rings (SSSR count). The molecule has 0 saturated heterocycles. The van der Waals surface area contributed by atoms with E-state index in [0.29, 0.717) is 18.8 Å². The van der Waals surface area contributed by atoms with Crippen LogP contribution < -0.4 is 14.8 Å². The van der Waals surface area contributed by atoms with Gasteiger partial charge in [-0.05, 0) is 26.2 Å². The highest BCUT2D eigenvalue weighted by Crippen LogP contribution is 2.42. The molecule has 0 amide bonds. The Labute approximate surface area is 109 Å². The molecule has 0 fully saturated rings. The highest BCUT2D eigenvalue weighted by Gasteiger charge is 2.43. The summed E-state index contributed by atoms with van der Waals surface area (Å²) in [4.78, 5) is 1.85. The Balaban J connectivity index is 1.93. The monoisotopic (exact) mass is 274 g/mol. The van der Waals surface area contributed by atoms with E-state index in [0.717, 1.165) is 0 Å². The quantitative estimate of drug-likeness (QED) is 0.848. The third-order valence-electron chi connectivity index (χ3n) is 2.52. The first-order chi connectivity index (χ1) is 8.85. The minimum absolute atomic E-state index is 0.00406. The summed E-state index contributed by atoms with van der Waals surface area (Å²) in [5, 5.41) is 12.6. The fraction of sp³-hybridized carbons (Fsp3) is 0.500. The van der Waals surface area contributed by atoms with Gasteiger partial charge < -0.3 is 24.8 Å². The van der Waals surface area contributed by atoms with Gasteiger partial charge in [-0.1, -0.05) is 0 Å². The van der Waals surface area contributed by atoms with E-state index in [1.807, 2.05) is 19.0 Å². The molecule has 1 unspecified atom stereocenters. The van der Waals surface area contributed by atoms with Crippen molar-refractivity contribution in [3.63, 3.8) is 0 Å². The molecule has 0 aromatic heterocycles. The van der Waals surface area contributed by atoms with E-state index >= 15 is 0 Å². The molecule has 0 spiro atoms. The molecule has 1 heterocycles. The third kappa shape index (κ3) is 3.68. The number of aliphatic hydroxyl groups excluding tert-OH is 1. The van der Waals surface area contributed by atoms with Crippen LogP contribution in [-0.4, -0.2) is 49.6 Å². The SMILES string of the molecule is CN(C)CC(O)CNc1ccc2c(c1)OC(F)(F)O2. The third-order valence-corrected chi connectivity index (χ3v) is 2.52. The Bertz CT molecular complexity index is 455. The first-order valence-corrected chi connectivity index (χ1v) is 5.82. The summed E-state index contributed by atoms with van der Waals surface area (Å²) < 4.78 is 34.3. The second kappa shape index (κ2) is 5.18. The smallest absolute Gasteiger partial charge is 0.395 e. The lowest BCUT2D eigenvalue weighted by Crippen LogP contribution is -2.31. The minimum Gasteiger partial charge on any atom is -0.395 e. The Hall–Kier alpha value is -1.60. The molecule has 7 heteroatoms. The number of rotatable bonds is 5. The zero-order valence-corrected chi connectivity index (χ0v) is 10.7. The predicted molar refractivity (Wildman–Crippen MR) is 65.7 cm³/mol. The second-order valence-corrected chi connectivity index (χ2v) is 4.63. The number of fused-ring (bicyclic) bond motifs is 1. The van der Waals surface area contributed by atoms with Crippen molar-refractivity contribution in [3.05, 3.63) is 18.2 Å². The fourth-order valence-corrected chi connectivity index (χ4v) is 1.78. The van der Waals surface area contributed by atoms with Gasteiger partial charge >= 0.3 is 6.29 Å². The van der Waals surface area contributed by atoms with Crippen LogP contribution in [-0.2, 0) is 0 Å². The first-order valence-electron chi connectivity index (χ1n) is 5.82. The van der Waals surface area contributed by atoms with E-state index in [-0.39, 0.29) is 11.5 Å². The highest BCUT2D eigenvalue weighted by molar-refractivity contribution is 5.56. The second-order valence-electron chi connectivity index (χ2n) is 4.63. The van der Waals surface area contributed by atoms with Crippen LogP contribution in [0.25, 0.3) is 0 Å². The number of ether oxygens (including phenoxy) is 2. The summed E-state index contributed by atoms with van der Waals surface area (Å²) in [5.41, 5.74) is 0.581. The van der Waals surface area contributed by atoms with Crippen molar-refractivity contribution in [2.75, 3.05) is 32.5 Å². The standard InChI is InChI=1S/C12H16F2N2O3/c1-16(2)7-9(17)6-15-8-3-4-10-11(5-8)19-12(13,14)18-10/h3-5,9,15,17H,6-7H2,1-2H3. The molecule has 0 radical (unpaired) electrons. The molecule has 0 saturated carbocycles. The molecule has 19 heavy (non-hydrogen) atoms. The summed E-state index contributed by atoms with van der Waals surface area (Å²) in [6, 6.07) is 4.40. The highest BCUT2D eigenvalue weighted by atomic mass is 19.3. The average molecular weight is 274 g/mol. The van der Waals surface area contributed by atoms with E-state index < -0.39 is 12.4 Å². The zero-order valence-electron chi connectivity index (χ0n) is 10.7. The fourth-order valence-electron chi connectivity index (χ4n) is 1.78. The number of benzene rings is 1. The summed E-state index contributed by atoms with van der Waals surface area (Å²) >= 11 is 0. The van der Waals surface area contributed by atoms with Gasteiger partial charge in [-0.25, -0.2) is 0 Å². The lowest BCUT2D eigenvalue weighted by atomic mass is 10.2. The van der Waals surface area contributed by atoms with Crippen LogP contribution in [0.1, 0.15) is 0 Å².